The molecule has 5 nitrogen and oxygen atoms in total. The molecular formula is C15H16N4OS. The van der Waals surface area contributed by atoms with Crippen molar-refractivity contribution in [2.75, 3.05) is 24.7 Å². The molecule has 0 bridgehead atoms. The number of carbonyl (C=O) groups is 1. The number of para-hydroxylation sites is 1. The zero-order chi connectivity index (χ0) is 15.2. The Morgan fingerprint density at radius 3 is 2.86 bits per heavy atom. The molecule has 0 aliphatic carbocycles. The van der Waals surface area contributed by atoms with Crippen LogP contribution < -0.4 is 10.6 Å². The largest absolute Gasteiger partial charge is 0.374 e. The van der Waals surface area contributed by atoms with Crippen molar-refractivity contribution >= 4 is 34.3 Å². The topological polar surface area (TPSA) is 77.8 Å². The monoisotopic (exact) mass is 300 g/mol. The van der Waals surface area contributed by atoms with Crippen LogP contribution in [0, 0.1) is 11.3 Å². The molecule has 0 saturated heterocycles. The maximum atomic E-state index is 11.6. The van der Waals surface area contributed by atoms with Gasteiger partial charge in [0.25, 0.3) is 0 Å². The molecule has 2 N–H and O–H groups in total. The molecule has 1 heterocycles. The number of anilines is 1. The summed E-state index contributed by atoms with van der Waals surface area (Å²) >= 11 is 1.42. The van der Waals surface area contributed by atoms with E-state index in [9.17, 15) is 10.1 Å². The Bertz CT molecular complexity index is 709. The number of nitriles is 1. The molecule has 1 amide bonds. The standard InChI is InChI=1S/C15H16N4OS/c1-3-17-13(20)9-18-14-10-6-4-5-7-12(10)19-15(21-2)11(14)8-16/h4-7H,3,9H2,1-2H3,(H,17,20)(H,18,19). The Morgan fingerprint density at radius 2 is 2.19 bits per heavy atom. The molecule has 0 saturated carbocycles. The summed E-state index contributed by atoms with van der Waals surface area (Å²) in [6, 6.07) is 9.77. The van der Waals surface area contributed by atoms with Crippen molar-refractivity contribution in [3.63, 3.8) is 0 Å². The first-order valence-electron chi connectivity index (χ1n) is 6.58. The SMILES string of the molecule is CCNC(=O)CNc1c(C#N)c(SC)nc2ccccc12. The highest BCUT2D eigenvalue weighted by Crippen LogP contribution is 2.31. The van der Waals surface area contributed by atoms with Crippen molar-refractivity contribution in [1.29, 1.82) is 5.26 Å². The Hall–Kier alpha value is -2.26. The Labute approximate surface area is 127 Å². The number of likely N-dealkylation sites (N-methyl/N-ethyl adjacent to an activating group) is 1. The lowest BCUT2D eigenvalue weighted by molar-refractivity contribution is -0.119. The van der Waals surface area contributed by atoms with Gasteiger partial charge in [0, 0.05) is 11.9 Å². The molecule has 2 rings (SSSR count). The summed E-state index contributed by atoms with van der Waals surface area (Å²) < 4.78 is 0. The maximum Gasteiger partial charge on any atom is 0.239 e. The first-order chi connectivity index (χ1) is 10.2. The van der Waals surface area contributed by atoms with Crippen molar-refractivity contribution < 1.29 is 4.79 Å². The fourth-order valence-corrected chi connectivity index (χ4v) is 2.59. The maximum absolute atomic E-state index is 11.6. The minimum Gasteiger partial charge on any atom is -0.374 e. The number of amides is 1. The van der Waals surface area contributed by atoms with Gasteiger partial charge >= 0.3 is 0 Å². The molecule has 21 heavy (non-hydrogen) atoms. The number of pyridine rings is 1. The van der Waals surface area contributed by atoms with E-state index in [1.807, 2.05) is 37.4 Å². The number of fused-ring (bicyclic) bond motifs is 1. The molecular weight excluding hydrogens is 284 g/mol. The van der Waals surface area contributed by atoms with E-state index in [4.69, 9.17) is 0 Å². The number of nitrogens with zero attached hydrogens (tertiary/aromatic N) is 2. The number of aromatic nitrogens is 1. The molecule has 0 radical (unpaired) electrons. The predicted octanol–water partition coefficient (Wildman–Crippen LogP) is 2.38. The lowest BCUT2D eigenvalue weighted by Crippen LogP contribution is -2.29. The van der Waals surface area contributed by atoms with E-state index in [-0.39, 0.29) is 12.5 Å². The summed E-state index contributed by atoms with van der Waals surface area (Å²) in [5.74, 6) is -0.104. The Morgan fingerprint density at radius 1 is 1.43 bits per heavy atom. The van der Waals surface area contributed by atoms with Gasteiger partial charge in [-0.25, -0.2) is 4.98 Å². The number of carbonyl (C=O) groups excluding carboxylic acids is 1. The highest BCUT2D eigenvalue weighted by Gasteiger charge is 2.14. The molecule has 0 aliphatic heterocycles. The molecule has 0 unspecified atom stereocenters. The van der Waals surface area contributed by atoms with Crippen LogP contribution in [-0.2, 0) is 4.79 Å². The van der Waals surface area contributed by atoms with Crippen LogP contribution in [0.1, 0.15) is 12.5 Å². The summed E-state index contributed by atoms with van der Waals surface area (Å²) in [5, 5.41) is 16.7. The molecule has 0 aliphatic rings. The number of hydrogen-bond acceptors (Lipinski definition) is 5. The minimum absolute atomic E-state index is 0.104. The quantitative estimate of drug-likeness (QED) is 0.829. The number of hydrogen-bond donors (Lipinski definition) is 2. The lowest BCUT2D eigenvalue weighted by Gasteiger charge is -2.13. The molecule has 1 aromatic heterocycles. The van der Waals surface area contributed by atoms with E-state index in [0.717, 1.165) is 10.9 Å². The van der Waals surface area contributed by atoms with Crippen LogP contribution in [0.5, 0.6) is 0 Å². The first-order valence-corrected chi connectivity index (χ1v) is 7.81. The fraction of sp³-hybridized carbons (Fsp3) is 0.267. The van der Waals surface area contributed by atoms with E-state index >= 15 is 0 Å². The fourth-order valence-electron chi connectivity index (χ4n) is 2.05. The van der Waals surface area contributed by atoms with Crippen molar-refractivity contribution in [1.82, 2.24) is 10.3 Å². The number of nitrogens with one attached hydrogen (secondary N) is 2. The normalized spacial score (nSPS) is 10.1. The molecule has 108 valence electrons. The van der Waals surface area contributed by atoms with Crippen LogP contribution in [0.4, 0.5) is 5.69 Å². The number of thioether (sulfide) groups is 1. The molecule has 6 heteroatoms. The molecule has 0 spiro atoms. The summed E-state index contributed by atoms with van der Waals surface area (Å²) in [5.41, 5.74) is 1.95. The predicted molar refractivity (Wildman–Crippen MR) is 85.4 cm³/mol. The van der Waals surface area contributed by atoms with E-state index in [1.165, 1.54) is 11.8 Å². The van der Waals surface area contributed by atoms with Crippen molar-refractivity contribution in [3.8, 4) is 6.07 Å². The van der Waals surface area contributed by atoms with Gasteiger partial charge in [-0.05, 0) is 19.2 Å². The lowest BCUT2D eigenvalue weighted by atomic mass is 10.1. The van der Waals surface area contributed by atoms with Gasteiger partial charge in [0.15, 0.2) is 0 Å². The van der Waals surface area contributed by atoms with Crippen LogP contribution in [0.3, 0.4) is 0 Å². The van der Waals surface area contributed by atoms with Crippen LogP contribution in [-0.4, -0.2) is 30.2 Å². The van der Waals surface area contributed by atoms with Crippen molar-refractivity contribution in [2.45, 2.75) is 11.9 Å². The highest BCUT2D eigenvalue weighted by molar-refractivity contribution is 7.98. The van der Waals surface area contributed by atoms with Gasteiger partial charge in [0.2, 0.25) is 5.91 Å². The van der Waals surface area contributed by atoms with Gasteiger partial charge in [-0.1, -0.05) is 18.2 Å². The van der Waals surface area contributed by atoms with Gasteiger partial charge in [-0.3, -0.25) is 4.79 Å². The van der Waals surface area contributed by atoms with E-state index in [2.05, 4.69) is 21.7 Å². The van der Waals surface area contributed by atoms with Gasteiger partial charge in [0.1, 0.15) is 16.7 Å². The summed E-state index contributed by atoms with van der Waals surface area (Å²) in [7, 11) is 0. The van der Waals surface area contributed by atoms with Crippen LogP contribution in [0.2, 0.25) is 0 Å². The number of benzene rings is 1. The van der Waals surface area contributed by atoms with Crippen molar-refractivity contribution in [2.24, 2.45) is 0 Å². The minimum atomic E-state index is -0.104. The summed E-state index contributed by atoms with van der Waals surface area (Å²) in [6.07, 6.45) is 1.88. The first kappa shape index (κ1) is 15.1. The van der Waals surface area contributed by atoms with Gasteiger partial charge in [-0.2, -0.15) is 5.26 Å². The van der Waals surface area contributed by atoms with E-state index in [1.54, 1.807) is 0 Å². The average Bonchev–Trinajstić information content (AvgIpc) is 2.51. The molecule has 2 aromatic rings. The molecule has 1 aromatic carbocycles. The summed E-state index contributed by atoms with van der Waals surface area (Å²) in [6.45, 7) is 2.58. The second kappa shape index (κ2) is 6.95. The van der Waals surface area contributed by atoms with Crippen LogP contribution in [0.15, 0.2) is 29.3 Å². The van der Waals surface area contributed by atoms with Crippen LogP contribution >= 0.6 is 11.8 Å². The van der Waals surface area contributed by atoms with Gasteiger partial charge < -0.3 is 10.6 Å². The molecule has 0 atom stereocenters. The van der Waals surface area contributed by atoms with Gasteiger partial charge in [0.05, 0.1) is 17.7 Å². The third kappa shape index (κ3) is 3.26. The van der Waals surface area contributed by atoms with Gasteiger partial charge in [-0.15, -0.1) is 11.8 Å². The zero-order valence-corrected chi connectivity index (χ0v) is 12.8. The summed E-state index contributed by atoms with van der Waals surface area (Å²) in [4.78, 5) is 16.1. The average molecular weight is 300 g/mol. The van der Waals surface area contributed by atoms with Crippen LogP contribution in [0.25, 0.3) is 10.9 Å². The Balaban J connectivity index is 2.48. The number of rotatable bonds is 5. The van der Waals surface area contributed by atoms with E-state index in [0.29, 0.717) is 22.8 Å². The smallest absolute Gasteiger partial charge is 0.239 e. The molecule has 0 fully saturated rings. The second-order valence-corrected chi connectivity index (χ2v) is 5.10. The zero-order valence-electron chi connectivity index (χ0n) is 11.9. The highest BCUT2D eigenvalue weighted by atomic mass is 32.2. The Kier molecular flexibility index (Phi) is 5.01. The van der Waals surface area contributed by atoms with E-state index < -0.39 is 0 Å². The second-order valence-electron chi connectivity index (χ2n) is 4.31. The van der Waals surface area contributed by atoms with Crippen molar-refractivity contribution in [3.05, 3.63) is 29.8 Å². The third-order valence-corrected chi connectivity index (χ3v) is 3.65. The third-order valence-electron chi connectivity index (χ3n) is 2.96.